The van der Waals surface area contributed by atoms with E-state index in [9.17, 15) is 0 Å². The summed E-state index contributed by atoms with van der Waals surface area (Å²) in [4.78, 5) is 0. The van der Waals surface area contributed by atoms with Gasteiger partial charge in [0.15, 0.2) is 13.6 Å². The molecule has 1 fully saturated rings. The summed E-state index contributed by atoms with van der Waals surface area (Å²) in [7, 11) is 5.27. The molecule has 1 saturated heterocycles. The number of rotatable bonds is 6. The Labute approximate surface area is 168 Å². The molecule has 1 aliphatic heterocycles. The normalized spacial score (nSPS) is 21.3. The Morgan fingerprint density at radius 1 is 0.963 bits per heavy atom. The van der Waals surface area contributed by atoms with Gasteiger partial charge in [0.05, 0.1) is 18.7 Å². The minimum absolute atomic E-state index is 0.246. The van der Waals surface area contributed by atoms with Gasteiger partial charge in [0.2, 0.25) is 0 Å². The van der Waals surface area contributed by atoms with Crippen LogP contribution in [0.5, 0.6) is 0 Å². The lowest BCUT2D eigenvalue weighted by Crippen LogP contribution is -2.34. The fourth-order valence-corrected chi connectivity index (χ4v) is 5.61. The minimum Gasteiger partial charge on any atom is -0.366 e. The van der Waals surface area contributed by atoms with Crippen LogP contribution < -0.4 is 10.6 Å². The Morgan fingerprint density at radius 2 is 1.44 bits per heavy atom. The van der Waals surface area contributed by atoms with Crippen molar-refractivity contribution in [2.24, 2.45) is 0 Å². The highest BCUT2D eigenvalue weighted by Crippen LogP contribution is 2.62. The van der Waals surface area contributed by atoms with Crippen molar-refractivity contribution in [1.29, 1.82) is 0 Å². The Kier molecular flexibility index (Phi) is 7.16. The maximum atomic E-state index is 6.29. The molecule has 2 atom stereocenters. The SMILES string of the molecule is CNC(=S)NCCOP1N(C)[C@H](c2ccccc2)[C@@H](c2ccccc2)N1C. The third-order valence-corrected chi connectivity index (χ3v) is 7.09. The van der Waals surface area contributed by atoms with E-state index in [0.29, 0.717) is 18.3 Å². The first-order valence-electron chi connectivity index (χ1n) is 9.07. The Bertz CT molecular complexity index is 682. The molecule has 0 aliphatic carbocycles. The van der Waals surface area contributed by atoms with E-state index >= 15 is 0 Å². The molecule has 0 unspecified atom stereocenters. The zero-order valence-electron chi connectivity index (χ0n) is 16.0. The fourth-order valence-electron chi connectivity index (χ4n) is 3.50. The number of hydrogen-bond acceptors (Lipinski definition) is 4. The number of benzene rings is 2. The summed E-state index contributed by atoms with van der Waals surface area (Å²) in [5.74, 6) is 0. The molecule has 27 heavy (non-hydrogen) atoms. The average Bonchev–Trinajstić information content (AvgIpc) is 2.96. The van der Waals surface area contributed by atoms with Gasteiger partial charge in [-0.2, -0.15) is 0 Å². The van der Waals surface area contributed by atoms with Crippen LogP contribution in [0.25, 0.3) is 0 Å². The molecule has 2 aromatic carbocycles. The number of thiocarbonyl (C=S) groups is 1. The van der Waals surface area contributed by atoms with Crippen molar-refractivity contribution in [3.8, 4) is 0 Å². The molecule has 0 aromatic heterocycles. The van der Waals surface area contributed by atoms with Crippen molar-refractivity contribution in [1.82, 2.24) is 20.0 Å². The van der Waals surface area contributed by atoms with Crippen LogP contribution in [0.15, 0.2) is 60.7 Å². The molecule has 0 bridgehead atoms. The van der Waals surface area contributed by atoms with Gasteiger partial charge >= 0.3 is 0 Å². The van der Waals surface area contributed by atoms with Gasteiger partial charge < -0.3 is 15.2 Å². The second-order valence-electron chi connectivity index (χ2n) is 6.45. The van der Waals surface area contributed by atoms with Crippen molar-refractivity contribution >= 4 is 25.8 Å². The molecule has 5 nitrogen and oxygen atoms in total. The first-order chi connectivity index (χ1) is 13.1. The predicted molar refractivity (Wildman–Crippen MR) is 116 cm³/mol. The van der Waals surface area contributed by atoms with Gasteiger partial charge in [-0.3, -0.25) is 0 Å². The summed E-state index contributed by atoms with van der Waals surface area (Å²) in [5, 5.41) is 6.70. The zero-order valence-corrected chi connectivity index (χ0v) is 17.7. The van der Waals surface area contributed by atoms with Gasteiger partial charge in [0.1, 0.15) is 0 Å². The van der Waals surface area contributed by atoms with Crippen LogP contribution in [0.2, 0.25) is 0 Å². The van der Waals surface area contributed by atoms with Crippen molar-refractivity contribution in [2.75, 3.05) is 34.3 Å². The maximum absolute atomic E-state index is 6.29. The minimum atomic E-state index is -0.866. The van der Waals surface area contributed by atoms with E-state index in [1.807, 2.05) is 7.05 Å². The second kappa shape index (κ2) is 9.58. The summed E-state index contributed by atoms with van der Waals surface area (Å²) in [6, 6.07) is 21.9. The number of likely N-dealkylation sites (N-methyl/N-ethyl adjacent to an activating group) is 2. The standard InChI is InChI=1S/C20H27N4OPS/c1-21-20(27)22-14-15-25-26-23(2)18(16-10-6-4-7-11-16)19(24(26)3)17-12-8-5-9-13-17/h4-13,18-19H,14-15H2,1-3H3,(H2,21,22,27)/t18-,19-/m1/s1. The largest absolute Gasteiger partial charge is 0.366 e. The molecule has 0 radical (unpaired) electrons. The maximum Gasteiger partial charge on any atom is 0.188 e. The van der Waals surface area contributed by atoms with Gasteiger partial charge in [-0.1, -0.05) is 60.7 Å². The van der Waals surface area contributed by atoms with Crippen molar-refractivity contribution in [3.63, 3.8) is 0 Å². The Balaban J connectivity index is 1.79. The highest BCUT2D eigenvalue weighted by Gasteiger charge is 2.46. The molecule has 144 valence electrons. The molecule has 0 spiro atoms. The quantitative estimate of drug-likeness (QED) is 0.436. The topological polar surface area (TPSA) is 39.8 Å². The molecule has 0 saturated carbocycles. The highest BCUT2D eigenvalue weighted by molar-refractivity contribution is 7.80. The number of nitrogens with zero attached hydrogens (tertiary/aromatic N) is 2. The van der Waals surface area contributed by atoms with Crippen LogP contribution in [0.1, 0.15) is 23.2 Å². The first kappa shape index (κ1) is 20.2. The molecule has 2 N–H and O–H groups in total. The average molecular weight is 403 g/mol. The zero-order chi connectivity index (χ0) is 19.2. The van der Waals surface area contributed by atoms with E-state index in [-0.39, 0.29) is 12.1 Å². The van der Waals surface area contributed by atoms with Crippen molar-refractivity contribution < 1.29 is 4.52 Å². The van der Waals surface area contributed by atoms with E-state index < -0.39 is 8.45 Å². The van der Waals surface area contributed by atoms with Crippen LogP contribution in [0, 0.1) is 0 Å². The monoisotopic (exact) mass is 402 g/mol. The van der Waals surface area contributed by atoms with Crippen LogP contribution in [0.4, 0.5) is 0 Å². The van der Waals surface area contributed by atoms with E-state index in [0.717, 1.165) is 0 Å². The Hall–Kier alpha value is -1.56. The summed E-state index contributed by atoms with van der Waals surface area (Å²) in [6.07, 6.45) is 0. The van der Waals surface area contributed by atoms with E-state index in [2.05, 4.69) is 94.7 Å². The van der Waals surface area contributed by atoms with Gasteiger partial charge in [0.25, 0.3) is 0 Å². The summed E-state index contributed by atoms with van der Waals surface area (Å²) < 4.78 is 11.0. The van der Waals surface area contributed by atoms with E-state index in [1.54, 1.807) is 0 Å². The number of nitrogens with one attached hydrogen (secondary N) is 2. The second-order valence-corrected chi connectivity index (χ2v) is 8.88. The summed E-state index contributed by atoms with van der Waals surface area (Å²) >= 11 is 5.12. The van der Waals surface area contributed by atoms with Gasteiger partial charge in [-0.25, -0.2) is 9.34 Å². The molecule has 3 rings (SSSR count). The van der Waals surface area contributed by atoms with Gasteiger partial charge in [0, 0.05) is 13.6 Å². The van der Waals surface area contributed by atoms with E-state index in [1.165, 1.54) is 11.1 Å². The number of hydrogen-bond donors (Lipinski definition) is 2. The first-order valence-corrected chi connectivity index (χ1v) is 10.6. The highest BCUT2D eigenvalue weighted by atomic mass is 32.1. The third kappa shape index (κ3) is 4.65. The van der Waals surface area contributed by atoms with E-state index in [4.69, 9.17) is 16.7 Å². The summed E-state index contributed by atoms with van der Waals surface area (Å²) in [5.41, 5.74) is 2.62. The molecule has 1 aliphatic rings. The molecule has 0 amide bonds. The van der Waals surface area contributed by atoms with Crippen LogP contribution in [0.3, 0.4) is 0 Å². The molecule has 1 heterocycles. The molecular formula is C20H27N4OPS. The third-order valence-electron chi connectivity index (χ3n) is 4.75. The summed E-state index contributed by atoms with van der Waals surface area (Å²) in [6.45, 7) is 1.29. The Morgan fingerprint density at radius 3 is 1.89 bits per heavy atom. The lowest BCUT2D eigenvalue weighted by atomic mass is 9.93. The lowest BCUT2D eigenvalue weighted by Gasteiger charge is -2.25. The predicted octanol–water partition coefficient (Wildman–Crippen LogP) is 3.68. The smallest absolute Gasteiger partial charge is 0.188 e. The fraction of sp³-hybridized carbons (Fsp3) is 0.350. The lowest BCUT2D eigenvalue weighted by molar-refractivity contribution is 0.310. The molecular weight excluding hydrogens is 375 g/mol. The van der Waals surface area contributed by atoms with Gasteiger partial charge in [-0.05, 0) is 37.4 Å². The van der Waals surface area contributed by atoms with Crippen LogP contribution >= 0.6 is 20.7 Å². The van der Waals surface area contributed by atoms with Gasteiger partial charge in [-0.15, -0.1) is 0 Å². The van der Waals surface area contributed by atoms with Crippen LogP contribution in [-0.4, -0.2) is 48.7 Å². The van der Waals surface area contributed by atoms with Crippen LogP contribution in [-0.2, 0) is 4.52 Å². The molecule has 2 aromatic rings. The molecule has 7 heteroatoms. The van der Waals surface area contributed by atoms with Crippen molar-refractivity contribution in [3.05, 3.63) is 71.8 Å². The van der Waals surface area contributed by atoms with Crippen molar-refractivity contribution in [2.45, 2.75) is 12.1 Å².